The fraction of sp³-hybridized carbons (Fsp3) is 0.154. The van der Waals surface area contributed by atoms with Gasteiger partial charge in [-0.1, -0.05) is 72.8 Å². The van der Waals surface area contributed by atoms with Crippen molar-refractivity contribution in [3.05, 3.63) is 90.5 Å². The van der Waals surface area contributed by atoms with E-state index in [2.05, 4.69) is 21.3 Å². The van der Waals surface area contributed by atoms with Crippen molar-refractivity contribution in [3.63, 3.8) is 0 Å². The first-order valence-electron chi connectivity index (χ1n) is 10.9. The van der Waals surface area contributed by atoms with E-state index >= 15 is 0 Å². The van der Waals surface area contributed by atoms with Crippen molar-refractivity contribution in [3.8, 4) is 11.1 Å². The largest absolute Gasteiger partial charge is 0.445 e. The SMILES string of the molecule is O=C(CNC(=O)CNC(=O)OCc1ccccc1)NCC(=O)Nc1ccc(-c2ccccc2)cc1. The molecule has 0 saturated heterocycles. The molecule has 35 heavy (non-hydrogen) atoms. The Kier molecular flexibility index (Phi) is 9.38. The van der Waals surface area contributed by atoms with Gasteiger partial charge in [0.15, 0.2) is 0 Å². The number of hydrogen-bond acceptors (Lipinski definition) is 5. The zero-order chi connectivity index (χ0) is 24.9. The van der Waals surface area contributed by atoms with Crippen molar-refractivity contribution >= 4 is 29.5 Å². The van der Waals surface area contributed by atoms with Crippen LogP contribution in [-0.4, -0.2) is 43.4 Å². The molecule has 0 bridgehead atoms. The minimum Gasteiger partial charge on any atom is -0.445 e. The van der Waals surface area contributed by atoms with Gasteiger partial charge in [0.1, 0.15) is 13.2 Å². The predicted octanol–water partition coefficient (Wildman–Crippen LogP) is 2.45. The summed E-state index contributed by atoms with van der Waals surface area (Å²) in [6.45, 7) is -0.853. The third-order valence-electron chi connectivity index (χ3n) is 4.77. The second-order valence-electron chi connectivity index (χ2n) is 7.46. The van der Waals surface area contributed by atoms with Crippen molar-refractivity contribution in [2.45, 2.75) is 6.61 Å². The molecule has 0 radical (unpaired) electrons. The standard InChI is InChI=1S/C26H26N4O5/c31-23(15-27-24(32)16-29-26(34)35-18-19-7-3-1-4-8-19)28-17-25(33)30-22-13-11-21(12-14-22)20-9-5-2-6-10-20/h1-14H,15-18H2,(H,27,32)(H,28,31)(H,29,34)(H,30,33). The van der Waals surface area contributed by atoms with Gasteiger partial charge in [-0.25, -0.2) is 4.79 Å². The minimum atomic E-state index is -0.748. The lowest BCUT2D eigenvalue weighted by molar-refractivity contribution is -0.126. The van der Waals surface area contributed by atoms with Gasteiger partial charge in [0.25, 0.3) is 0 Å². The van der Waals surface area contributed by atoms with Crippen LogP contribution in [0.15, 0.2) is 84.9 Å². The van der Waals surface area contributed by atoms with Gasteiger partial charge in [-0.3, -0.25) is 14.4 Å². The number of carbonyl (C=O) groups is 4. The molecule has 0 saturated carbocycles. The molecular formula is C26H26N4O5. The number of alkyl carbamates (subject to hydrolysis) is 1. The average Bonchev–Trinajstić information content (AvgIpc) is 2.90. The molecule has 9 nitrogen and oxygen atoms in total. The fourth-order valence-corrected chi connectivity index (χ4v) is 2.99. The molecule has 0 aliphatic heterocycles. The van der Waals surface area contributed by atoms with Crippen LogP contribution in [-0.2, 0) is 25.7 Å². The Morgan fingerprint density at radius 2 is 1.09 bits per heavy atom. The van der Waals surface area contributed by atoms with Gasteiger partial charge in [0.05, 0.1) is 13.1 Å². The Bertz CT molecular complexity index is 1140. The van der Waals surface area contributed by atoms with Crippen molar-refractivity contribution in [2.75, 3.05) is 25.0 Å². The van der Waals surface area contributed by atoms with E-state index < -0.39 is 23.8 Å². The van der Waals surface area contributed by atoms with Crippen molar-refractivity contribution < 1.29 is 23.9 Å². The van der Waals surface area contributed by atoms with Gasteiger partial charge in [-0.05, 0) is 28.8 Å². The Morgan fingerprint density at radius 1 is 0.571 bits per heavy atom. The highest BCUT2D eigenvalue weighted by atomic mass is 16.5. The van der Waals surface area contributed by atoms with Gasteiger partial charge in [0.2, 0.25) is 17.7 Å². The number of anilines is 1. The van der Waals surface area contributed by atoms with Gasteiger partial charge >= 0.3 is 6.09 Å². The monoisotopic (exact) mass is 474 g/mol. The van der Waals surface area contributed by atoms with Crippen LogP contribution >= 0.6 is 0 Å². The molecule has 0 unspecified atom stereocenters. The lowest BCUT2D eigenvalue weighted by atomic mass is 10.1. The highest BCUT2D eigenvalue weighted by molar-refractivity contribution is 5.95. The van der Waals surface area contributed by atoms with Crippen LogP contribution in [0.1, 0.15) is 5.56 Å². The zero-order valence-electron chi connectivity index (χ0n) is 19.0. The first kappa shape index (κ1) is 25.0. The molecule has 0 fully saturated rings. The van der Waals surface area contributed by atoms with Crippen LogP contribution < -0.4 is 21.3 Å². The van der Waals surface area contributed by atoms with E-state index in [1.165, 1.54) is 0 Å². The molecule has 3 aromatic carbocycles. The van der Waals surface area contributed by atoms with Crippen LogP contribution in [0, 0.1) is 0 Å². The number of ether oxygens (including phenoxy) is 1. The summed E-state index contributed by atoms with van der Waals surface area (Å²) in [7, 11) is 0. The second kappa shape index (κ2) is 13.1. The molecule has 0 atom stereocenters. The molecule has 0 spiro atoms. The molecule has 0 heterocycles. The molecule has 180 valence electrons. The number of amides is 4. The lowest BCUT2D eigenvalue weighted by Crippen LogP contribution is -2.43. The molecule has 0 aliphatic rings. The predicted molar refractivity (Wildman–Crippen MR) is 131 cm³/mol. The Morgan fingerprint density at radius 3 is 1.71 bits per heavy atom. The molecule has 0 aromatic heterocycles. The summed E-state index contributed by atoms with van der Waals surface area (Å²) in [5.74, 6) is -1.51. The van der Waals surface area contributed by atoms with Crippen molar-refractivity contribution in [1.82, 2.24) is 16.0 Å². The summed E-state index contributed by atoms with van der Waals surface area (Å²) in [5, 5.41) is 9.77. The van der Waals surface area contributed by atoms with Gasteiger partial charge in [-0.15, -0.1) is 0 Å². The summed E-state index contributed by atoms with van der Waals surface area (Å²) < 4.78 is 4.99. The van der Waals surface area contributed by atoms with E-state index in [1.54, 1.807) is 24.3 Å². The third-order valence-corrected chi connectivity index (χ3v) is 4.77. The van der Waals surface area contributed by atoms with E-state index in [9.17, 15) is 19.2 Å². The summed E-state index contributed by atoms with van der Waals surface area (Å²) >= 11 is 0. The maximum absolute atomic E-state index is 12.1. The van der Waals surface area contributed by atoms with Crippen LogP contribution in [0.2, 0.25) is 0 Å². The van der Waals surface area contributed by atoms with E-state index in [-0.39, 0.29) is 26.2 Å². The van der Waals surface area contributed by atoms with E-state index in [0.717, 1.165) is 16.7 Å². The highest BCUT2D eigenvalue weighted by Crippen LogP contribution is 2.20. The van der Waals surface area contributed by atoms with Crippen LogP contribution in [0.25, 0.3) is 11.1 Å². The average molecular weight is 475 g/mol. The van der Waals surface area contributed by atoms with Crippen LogP contribution in [0.5, 0.6) is 0 Å². The van der Waals surface area contributed by atoms with E-state index in [1.807, 2.05) is 60.7 Å². The Hall–Kier alpha value is -4.66. The summed E-state index contributed by atoms with van der Waals surface area (Å²) in [6, 6.07) is 26.3. The number of hydrogen-bond donors (Lipinski definition) is 4. The minimum absolute atomic E-state index is 0.0793. The van der Waals surface area contributed by atoms with Gasteiger partial charge < -0.3 is 26.0 Å². The van der Waals surface area contributed by atoms with E-state index in [4.69, 9.17) is 4.74 Å². The maximum Gasteiger partial charge on any atom is 0.407 e. The van der Waals surface area contributed by atoms with E-state index in [0.29, 0.717) is 5.69 Å². The number of nitrogens with one attached hydrogen (secondary N) is 4. The smallest absolute Gasteiger partial charge is 0.407 e. The summed E-state index contributed by atoms with van der Waals surface area (Å²) in [6.07, 6.45) is -0.748. The quantitative estimate of drug-likeness (QED) is 0.359. The Balaban J connectivity index is 1.28. The lowest BCUT2D eigenvalue weighted by Gasteiger charge is -2.09. The normalized spacial score (nSPS) is 10.1. The summed E-state index contributed by atoms with van der Waals surface area (Å²) in [5.41, 5.74) is 3.50. The molecule has 3 rings (SSSR count). The molecule has 4 amide bonds. The third kappa shape index (κ3) is 9.01. The zero-order valence-corrected chi connectivity index (χ0v) is 19.0. The number of carbonyl (C=O) groups excluding carboxylic acids is 4. The molecule has 4 N–H and O–H groups in total. The molecular weight excluding hydrogens is 448 g/mol. The Labute approximate surface area is 202 Å². The number of benzene rings is 3. The van der Waals surface area contributed by atoms with Crippen LogP contribution in [0.4, 0.5) is 10.5 Å². The first-order chi connectivity index (χ1) is 17.0. The molecule has 3 aromatic rings. The first-order valence-corrected chi connectivity index (χ1v) is 10.9. The topological polar surface area (TPSA) is 126 Å². The number of rotatable bonds is 10. The van der Waals surface area contributed by atoms with Crippen molar-refractivity contribution in [2.24, 2.45) is 0 Å². The van der Waals surface area contributed by atoms with Crippen molar-refractivity contribution in [1.29, 1.82) is 0 Å². The molecule has 9 heteroatoms. The summed E-state index contributed by atoms with van der Waals surface area (Å²) in [4.78, 5) is 47.4. The van der Waals surface area contributed by atoms with Gasteiger partial charge in [-0.2, -0.15) is 0 Å². The molecule has 0 aliphatic carbocycles. The van der Waals surface area contributed by atoms with Gasteiger partial charge in [0, 0.05) is 5.69 Å². The maximum atomic E-state index is 12.1. The fourth-order valence-electron chi connectivity index (χ4n) is 2.99. The highest BCUT2D eigenvalue weighted by Gasteiger charge is 2.10. The van der Waals surface area contributed by atoms with Crippen LogP contribution in [0.3, 0.4) is 0 Å². The second-order valence-corrected chi connectivity index (χ2v) is 7.46.